The Morgan fingerprint density at radius 2 is 2.00 bits per heavy atom. The third-order valence-electron chi connectivity index (χ3n) is 2.28. The first kappa shape index (κ1) is 10.2. The largest absolute Gasteiger partial charge is 0.380 e. The van der Waals surface area contributed by atoms with Crippen LogP contribution >= 0.6 is 11.3 Å². The molecule has 1 nitrogen and oxygen atoms in total. The lowest BCUT2D eigenvalue weighted by molar-refractivity contribution is 1.19. The first-order valence-corrected chi connectivity index (χ1v) is 5.91. The van der Waals surface area contributed by atoms with Gasteiger partial charge in [-0.3, -0.25) is 0 Å². The van der Waals surface area contributed by atoms with Gasteiger partial charge >= 0.3 is 0 Å². The molecule has 0 aliphatic heterocycles. The van der Waals surface area contributed by atoms with Gasteiger partial charge in [-0.2, -0.15) is 0 Å². The first-order valence-electron chi connectivity index (χ1n) is 5.10. The summed E-state index contributed by atoms with van der Waals surface area (Å²) in [6.07, 6.45) is 0. The highest BCUT2D eigenvalue weighted by atomic mass is 32.1. The first-order chi connectivity index (χ1) is 7.24. The van der Waals surface area contributed by atoms with Crippen molar-refractivity contribution in [2.24, 2.45) is 0 Å². The van der Waals surface area contributed by atoms with Crippen molar-refractivity contribution in [3.8, 4) is 0 Å². The summed E-state index contributed by atoms with van der Waals surface area (Å²) >= 11 is 1.85. The van der Waals surface area contributed by atoms with Crippen LogP contribution in [0.1, 0.15) is 15.3 Å². The van der Waals surface area contributed by atoms with E-state index in [0.29, 0.717) is 0 Å². The predicted octanol–water partition coefficient (Wildman–Crippen LogP) is 3.98. The predicted molar refractivity (Wildman–Crippen MR) is 67.6 cm³/mol. The third-order valence-corrected chi connectivity index (χ3v) is 3.28. The van der Waals surface area contributed by atoms with Gasteiger partial charge < -0.3 is 5.32 Å². The van der Waals surface area contributed by atoms with E-state index in [1.54, 1.807) is 0 Å². The minimum Gasteiger partial charge on any atom is -0.380 e. The second-order valence-electron chi connectivity index (χ2n) is 3.74. The lowest BCUT2D eigenvalue weighted by Gasteiger charge is -2.05. The quantitative estimate of drug-likeness (QED) is 0.820. The zero-order chi connectivity index (χ0) is 10.7. The second kappa shape index (κ2) is 4.49. The van der Waals surface area contributed by atoms with Crippen molar-refractivity contribution in [2.45, 2.75) is 20.4 Å². The Bertz CT molecular complexity index is 445. The topological polar surface area (TPSA) is 12.0 Å². The van der Waals surface area contributed by atoms with Crippen LogP contribution in [-0.4, -0.2) is 0 Å². The average molecular weight is 217 g/mol. The van der Waals surface area contributed by atoms with Crippen LogP contribution in [0.2, 0.25) is 0 Å². The lowest BCUT2D eigenvalue weighted by atomic mass is 10.2. The smallest absolute Gasteiger partial charge is 0.0494 e. The maximum Gasteiger partial charge on any atom is 0.0494 e. The Kier molecular flexibility index (Phi) is 3.07. The van der Waals surface area contributed by atoms with Gasteiger partial charge in [0.1, 0.15) is 0 Å². The maximum atomic E-state index is 3.43. The summed E-state index contributed by atoms with van der Waals surface area (Å²) in [5, 5.41) is 3.43. The van der Waals surface area contributed by atoms with Gasteiger partial charge in [0.2, 0.25) is 0 Å². The molecule has 0 unspecified atom stereocenters. The van der Waals surface area contributed by atoms with Crippen LogP contribution in [0.15, 0.2) is 36.4 Å². The Hall–Kier alpha value is -1.28. The van der Waals surface area contributed by atoms with E-state index in [4.69, 9.17) is 0 Å². The van der Waals surface area contributed by atoms with E-state index in [9.17, 15) is 0 Å². The molecule has 2 rings (SSSR count). The fraction of sp³-hybridized carbons (Fsp3) is 0.231. The standard InChI is InChI=1S/C13H15NS/c1-10-4-3-5-12(8-10)14-9-13-7-6-11(2)15-13/h3-8,14H,9H2,1-2H3. The number of nitrogens with one attached hydrogen (secondary N) is 1. The molecule has 1 N–H and O–H groups in total. The number of thiophene rings is 1. The molecule has 1 heterocycles. The van der Waals surface area contributed by atoms with Gasteiger partial charge in [-0.15, -0.1) is 11.3 Å². The molecule has 0 atom stereocenters. The van der Waals surface area contributed by atoms with Gasteiger partial charge in [0, 0.05) is 22.0 Å². The molecule has 0 bridgehead atoms. The molecule has 0 aliphatic rings. The highest BCUT2D eigenvalue weighted by Gasteiger charge is 1.96. The fourth-order valence-electron chi connectivity index (χ4n) is 1.52. The Balaban J connectivity index is 1.99. The molecular formula is C13H15NS. The molecule has 2 aromatic rings. The Morgan fingerprint density at radius 1 is 1.13 bits per heavy atom. The van der Waals surface area contributed by atoms with Gasteiger partial charge in [0.15, 0.2) is 0 Å². The van der Waals surface area contributed by atoms with Crippen LogP contribution in [0.3, 0.4) is 0 Å². The van der Waals surface area contributed by atoms with E-state index < -0.39 is 0 Å². The molecule has 1 aromatic carbocycles. The van der Waals surface area contributed by atoms with Crippen molar-refractivity contribution >= 4 is 17.0 Å². The minimum atomic E-state index is 0.919. The van der Waals surface area contributed by atoms with Crippen LogP contribution in [0.25, 0.3) is 0 Å². The van der Waals surface area contributed by atoms with E-state index in [-0.39, 0.29) is 0 Å². The highest BCUT2D eigenvalue weighted by Crippen LogP contribution is 2.17. The molecule has 15 heavy (non-hydrogen) atoms. The number of hydrogen-bond acceptors (Lipinski definition) is 2. The van der Waals surface area contributed by atoms with E-state index in [1.165, 1.54) is 21.0 Å². The van der Waals surface area contributed by atoms with Crippen molar-refractivity contribution in [1.82, 2.24) is 0 Å². The molecule has 0 spiro atoms. The SMILES string of the molecule is Cc1cccc(NCc2ccc(C)s2)c1. The van der Waals surface area contributed by atoms with E-state index in [0.717, 1.165) is 6.54 Å². The van der Waals surface area contributed by atoms with Crippen molar-refractivity contribution in [2.75, 3.05) is 5.32 Å². The molecule has 0 radical (unpaired) electrons. The van der Waals surface area contributed by atoms with Gasteiger partial charge in [-0.25, -0.2) is 0 Å². The Morgan fingerprint density at radius 3 is 2.67 bits per heavy atom. The normalized spacial score (nSPS) is 10.3. The summed E-state index contributed by atoms with van der Waals surface area (Å²) in [6, 6.07) is 12.8. The van der Waals surface area contributed by atoms with E-state index >= 15 is 0 Å². The van der Waals surface area contributed by atoms with E-state index in [1.807, 2.05) is 11.3 Å². The van der Waals surface area contributed by atoms with Crippen molar-refractivity contribution in [1.29, 1.82) is 0 Å². The van der Waals surface area contributed by atoms with Gasteiger partial charge in [0.25, 0.3) is 0 Å². The molecule has 0 aliphatic carbocycles. The highest BCUT2D eigenvalue weighted by molar-refractivity contribution is 7.11. The van der Waals surface area contributed by atoms with Crippen LogP contribution in [0.4, 0.5) is 5.69 Å². The van der Waals surface area contributed by atoms with Crippen LogP contribution in [-0.2, 0) is 6.54 Å². The monoisotopic (exact) mass is 217 g/mol. The molecular weight excluding hydrogens is 202 g/mol. The zero-order valence-corrected chi connectivity index (χ0v) is 9.90. The average Bonchev–Trinajstić information content (AvgIpc) is 2.62. The molecule has 0 saturated carbocycles. The molecule has 1 aromatic heterocycles. The van der Waals surface area contributed by atoms with E-state index in [2.05, 4.69) is 55.6 Å². The second-order valence-corrected chi connectivity index (χ2v) is 5.11. The number of anilines is 1. The summed E-state index contributed by atoms with van der Waals surface area (Å²) in [5.41, 5.74) is 2.49. The summed E-state index contributed by atoms with van der Waals surface area (Å²) < 4.78 is 0. The van der Waals surface area contributed by atoms with Crippen LogP contribution < -0.4 is 5.32 Å². The summed E-state index contributed by atoms with van der Waals surface area (Å²) in [4.78, 5) is 2.75. The summed E-state index contributed by atoms with van der Waals surface area (Å²) in [6.45, 7) is 5.17. The fourth-order valence-corrected chi connectivity index (χ4v) is 2.35. The van der Waals surface area contributed by atoms with Gasteiger partial charge in [-0.1, -0.05) is 12.1 Å². The lowest BCUT2D eigenvalue weighted by Crippen LogP contribution is -1.96. The van der Waals surface area contributed by atoms with Crippen LogP contribution in [0, 0.1) is 13.8 Å². The number of aryl methyl sites for hydroxylation is 2. The number of hydrogen-bond donors (Lipinski definition) is 1. The third kappa shape index (κ3) is 2.83. The van der Waals surface area contributed by atoms with Gasteiger partial charge in [-0.05, 0) is 43.7 Å². The summed E-state index contributed by atoms with van der Waals surface area (Å²) in [7, 11) is 0. The Labute approximate surface area is 94.8 Å². The molecule has 78 valence electrons. The minimum absolute atomic E-state index is 0.919. The molecule has 0 fully saturated rings. The maximum absolute atomic E-state index is 3.43. The molecule has 2 heteroatoms. The van der Waals surface area contributed by atoms with Crippen molar-refractivity contribution in [3.63, 3.8) is 0 Å². The van der Waals surface area contributed by atoms with Crippen molar-refractivity contribution < 1.29 is 0 Å². The van der Waals surface area contributed by atoms with Crippen molar-refractivity contribution in [3.05, 3.63) is 51.7 Å². The number of benzene rings is 1. The molecule has 0 saturated heterocycles. The number of rotatable bonds is 3. The van der Waals surface area contributed by atoms with Crippen LogP contribution in [0.5, 0.6) is 0 Å². The zero-order valence-electron chi connectivity index (χ0n) is 9.08. The molecule has 0 amide bonds. The summed E-state index contributed by atoms with van der Waals surface area (Å²) in [5.74, 6) is 0. The van der Waals surface area contributed by atoms with Gasteiger partial charge in [0.05, 0.1) is 0 Å².